The molecule has 0 atom stereocenters. The molecule has 0 amide bonds. The van der Waals surface area contributed by atoms with Gasteiger partial charge in [0.05, 0.1) is 36.1 Å². The van der Waals surface area contributed by atoms with E-state index in [0.717, 1.165) is 0 Å². The van der Waals surface area contributed by atoms with E-state index in [4.69, 9.17) is 21.1 Å². The van der Waals surface area contributed by atoms with Crippen molar-refractivity contribution in [1.29, 1.82) is 0 Å². The van der Waals surface area contributed by atoms with Crippen molar-refractivity contribution in [3.05, 3.63) is 45.0 Å². The van der Waals surface area contributed by atoms with Crippen molar-refractivity contribution in [2.75, 3.05) is 13.3 Å². The molecule has 2 aromatic rings. The molecule has 0 N–H and O–H groups in total. The minimum absolute atomic E-state index is 0.122. The molecule has 0 saturated heterocycles. The summed E-state index contributed by atoms with van der Waals surface area (Å²) in [5, 5.41) is 4.46. The van der Waals surface area contributed by atoms with Crippen LogP contribution in [0, 0.1) is 6.92 Å². The predicted octanol–water partition coefficient (Wildman–Crippen LogP) is 3.67. The Kier molecular flexibility index (Phi) is 6.58. The highest BCUT2D eigenvalue weighted by Crippen LogP contribution is 2.22. The van der Waals surface area contributed by atoms with Crippen molar-refractivity contribution in [2.24, 2.45) is 0 Å². The zero-order chi connectivity index (χ0) is 19.3. The molecule has 0 bridgehead atoms. The summed E-state index contributed by atoms with van der Waals surface area (Å²) in [5.74, 6) is 0.680. The van der Waals surface area contributed by atoms with Crippen molar-refractivity contribution < 1.29 is 13.9 Å². The molecule has 0 radical (unpaired) electrons. The summed E-state index contributed by atoms with van der Waals surface area (Å²) >= 11 is 5.89. The molecule has 142 valence electrons. The van der Waals surface area contributed by atoms with Crippen molar-refractivity contribution in [3.8, 4) is 11.6 Å². The summed E-state index contributed by atoms with van der Waals surface area (Å²) in [4.78, 5) is 16.6. The zero-order valence-electron chi connectivity index (χ0n) is 15.4. The van der Waals surface area contributed by atoms with Gasteiger partial charge in [-0.15, -0.1) is 0 Å². The van der Waals surface area contributed by atoms with E-state index in [-0.39, 0.29) is 30.3 Å². The maximum Gasteiger partial charge on any atom is 0.273 e. The van der Waals surface area contributed by atoms with E-state index in [1.807, 2.05) is 20.8 Å². The third-order valence-corrected chi connectivity index (χ3v) is 3.82. The standard InChI is InChI=1S/C18H23ClFN3O3/c1-12-14(10-21-23(17(12)24)18(2,3)4)26-11-13-6-7-15(19)22-16(13)25-9-5-8-20/h6-7,10H,5,8-9,11H2,1-4H3. The largest absolute Gasteiger partial charge is 0.487 e. The third-order valence-electron chi connectivity index (χ3n) is 3.61. The van der Waals surface area contributed by atoms with E-state index in [0.29, 0.717) is 22.8 Å². The first-order valence-corrected chi connectivity index (χ1v) is 8.68. The summed E-state index contributed by atoms with van der Waals surface area (Å²) in [7, 11) is 0. The molecule has 0 aliphatic heterocycles. The van der Waals surface area contributed by atoms with Gasteiger partial charge in [-0.1, -0.05) is 11.6 Å². The molecule has 0 fully saturated rings. The Bertz CT molecular complexity index is 818. The summed E-state index contributed by atoms with van der Waals surface area (Å²) in [6.07, 6.45) is 1.79. The van der Waals surface area contributed by atoms with Crippen LogP contribution in [-0.2, 0) is 12.1 Å². The number of ether oxygens (including phenoxy) is 2. The van der Waals surface area contributed by atoms with Crippen LogP contribution in [0.15, 0.2) is 23.1 Å². The van der Waals surface area contributed by atoms with Gasteiger partial charge in [-0.05, 0) is 39.8 Å². The third kappa shape index (κ3) is 4.94. The Morgan fingerprint density at radius 3 is 2.65 bits per heavy atom. The Balaban J connectivity index is 2.19. The van der Waals surface area contributed by atoms with Crippen LogP contribution in [0.2, 0.25) is 5.15 Å². The maximum absolute atomic E-state index is 12.5. The fraction of sp³-hybridized carbons (Fsp3) is 0.500. The first-order chi connectivity index (χ1) is 12.2. The van der Waals surface area contributed by atoms with E-state index >= 15 is 0 Å². The highest BCUT2D eigenvalue weighted by molar-refractivity contribution is 6.29. The van der Waals surface area contributed by atoms with Crippen LogP contribution in [0.1, 0.15) is 38.3 Å². The number of halogens is 2. The smallest absolute Gasteiger partial charge is 0.273 e. The van der Waals surface area contributed by atoms with Gasteiger partial charge in [0.25, 0.3) is 5.56 Å². The van der Waals surface area contributed by atoms with Crippen molar-refractivity contribution in [2.45, 2.75) is 46.3 Å². The average molecular weight is 384 g/mol. The first-order valence-electron chi connectivity index (χ1n) is 8.30. The van der Waals surface area contributed by atoms with E-state index in [2.05, 4.69) is 10.1 Å². The van der Waals surface area contributed by atoms with Gasteiger partial charge in [0.2, 0.25) is 5.88 Å². The predicted molar refractivity (Wildman–Crippen MR) is 97.9 cm³/mol. The highest BCUT2D eigenvalue weighted by Gasteiger charge is 2.19. The Hall–Kier alpha value is -2.15. The van der Waals surface area contributed by atoms with Gasteiger partial charge < -0.3 is 9.47 Å². The van der Waals surface area contributed by atoms with Crippen LogP contribution < -0.4 is 15.0 Å². The monoisotopic (exact) mass is 383 g/mol. The topological polar surface area (TPSA) is 66.2 Å². The number of aromatic nitrogens is 3. The number of rotatable bonds is 7. The van der Waals surface area contributed by atoms with Crippen LogP contribution in [0.25, 0.3) is 0 Å². The summed E-state index contributed by atoms with van der Waals surface area (Å²) in [6, 6.07) is 3.34. The van der Waals surface area contributed by atoms with Crippen molar-refractivity contribution in [1.82, 2.24) is 14.8 Å². The number of pyridine rings is 1. The van der Waals surface area contributed by atoms with Gasteiger partial charge in [0.1, 0.15) is 17.5 Å². The quantitative estimate of drug-likeness (QED) is 0.539. The van der Waals surface area contributed by atoms with E-state index in [9.17, 15) is 9.18 Å². The van der Waals surface area contributed by atoms with Crippen LogP contribution in [-0.4, -0.2) is 28.0 Å². The summed E-state index contributed by atoms with van der Waals surface area (Å²) in [5.41, 5.74) is 0.491. The number of hydrogen-bond donors (Lipinski definition) is 0. The molecule has 26 heavy (non-hydrogen) atoms. The zero-order valence-corrected chi connectivity index (χ0v) is 16.1. The van der Waals surface area contributed by atoms with Gasteiger partial charge in [-0.25, -0.2) is 9.67 Å². The van der Waals surface area contributed by atoms with Crippen LogP contribution in [0.5, 0.6) is 11.6 Å². The number of hydrogen-bond acceptors (Lipinski definition) is 5. The molecule has 0 unspecified atom stereocenters. The average Bonchev–Trinajstić information content (AvgIpc) is 2.56. The molecule has 0 spiro atoms. The van der Waals surface area contributed by atoms with Crippen molar-refractivity contribution in [3.63, 3.8) is 0 Å². The van der Waals surface area contributed by atoms with Gasteiger partial charge in [0, 0.05) is 6.42 Å². The molecule has 0 aromatic carbocycles. The molecular weight excluding hydrogens is 361 g/mol. The lowest BCUT2D eigenvalue weighted by Gasteiger charge is -2.21. The molecule has 0 saturated carbocycles. The number of nitrogens with zero attached hydrogens (tertiary/aromatic N) is 3. The fourth-order valence-electron chi connectivity index (χ4n) is 2.21. The summed E-state index contributed by atoms with van der Waals surface area (Å²) < 4.78 is 24.9. The number of alkyl halides is 1. The molecule has 0 aliphatic rings. The van der Waals surface area contributed by atoms with Crippen LogP contribution >= 0.6 is 11.6 Å². The molecule has 8 heteroatoms. The Labute approximate surface area is 156 Å². The Morgan fingerprint density at radius 1 is 1.27 bits per heavy atom. The highest BCUT2D eigenvalue weighted by atomic mass is 35.5. The second-order valence-electron chi connectivity index (χ2n) is 6.80. The minimum Gasteiger partial charge on any atom is -0.487 e. The van der Waals surface area contributed by atoms with Crippen LogP contribution in [0.3, 0.4) is 0 Å². The molecule has 2 aromatic heterocycles. The molecular formula is C18H23ClFN3O3. The maximum atomic E-state index is 12.5. The van der Waals surface area contributed by atoms with E-state index in [1.54, 1.807) is 19.1 Å². The second-order valence-corrected chi connectivity index (χ2v) is 7.19. The molecule has 0 aliphatic carbocycles. The molecule has 6 nitrogen and oxygen atoms in total. The van der Waals surface area contributed by atoms with Gasteiger partial charge in [-0.2, -0.15) is 5.10 Å². The molecule has 2 heterocycles. The normalized spacial score (nSPS) is 11.5. The first kappa shape index (κ1) is 20.2. The minimum atomic E-state index is -0.471. The van der Waals surface area contributed by atoms with E-state index < -0.39 is 12.2 Å². The van der Waals surface area contributed by atoms with Crippen molar-refractivity contribution >= 4 is 11.6 Å². The lowest BCUT2D eigenvalue weighted by molar-refractivity contribution is 0.256. The van der Waals surface area contributed by atoms with Gasteiger partial charge in [0.15, 0.2) is 0 Å². The SMILES string of the molecule is Cc1c(OCc2ccc(Cl)nc2OCCCF)cnn(C(C)(C)C)c1=O. The second kappa shape index (κ2) is 8.49. The van der Waals surface area contributed by atoms with Gasteiger partial charge in [-0.3, -0.25) is 9.18 Å². The van der Waals surface area contributed by atoms with Crippen LogP contribution in [0.4, 0.5) is 4.39 Å². The Morgan fingerprint density at radius 2 is 2.00 bits per heavy atom. The lowest BCUT2D eigenvalue weighted by Crippen LogP contribution is -2.37. The fourth-order valence-corrected chi connectivity index (χ4v) is 2.35. The molecule has 2 rings (SSSR count). The van der Waals surface area contributed by atoms with E-state index in [1.165, 1.54) is 10.9 Å². The lowest BCUT2D eigenvalue weighted by atomic mass is 10.1. The van der Waals surface area contributed by atoms with Gasteiger partial charge >= 0.3 is 0 Å². The summed E-state index contributed by atoms with van der Waals surface area (Å²) in [6.45, 7) is 7.25.